The van der Waals surface area contributed by atoms with Gasteiger partial charge in [-0.3, -0.25) is 4.79 Å². The number of amides is 1. The first-order chi connectivity index (χ1) is 18.9. The fourth-order valence-electron chi connectivity index (χ4n) is 4.34. The Morgan fingerprint density at radius 3 is 2.44 bits per heavy atom. The van der Waals surface area contributed by atoms with Gasteiger partial charge in [-0.25, -0.2) is 4.68 Å². The van der Waals surface area contributed by atoms with E-state index in [1.54, 1.807) is 6.07 Å². The predicted molar refractivity (Wildman–Crippen MR) is 152 cm³/mol. The van der Waals surface area contributed by atoms with Gasteiger partial charge in [0.15, 0.2) is 11.5 Å². The van der Waals surface area contributed by atoms with E-state index in [1.807, 2.05) is 85.4 Å². The Hall–Kier alpha value is -4.65. The first-order valence-electron chi connectivity index (χ1n) is 13.1. The minimum atomic E-state index is -0.313. The van der Waals surface area contributed by atoms with Crippen LogP contribution in [0.15, 0.2) is 83.5 Å². The largest absolute Gasteiger partial charge is 0.493 e. The number of aromatic nitrogens is 3. The molecule has 0 bridgehead atoms. The Kier molecular flexibility index (Phi) is 7.59. The molecule has 0 atom stereocenters. The van der Waals surface area contributed by atoms with E-state index in [0.29, 0.717) is 12.4 Å². The lowest BCUT2D eigenvalue weighted by Gasteiger charge is -2.10. The monoisotopic (exact) mass is 520 g/mol. The van der Waals surface area contributed by atoms with Crippen molar-refractivity contribution in [2.45, 2.75) is 40.7 Å². The van der Waals surface area contributed by atoms with E-state index in [0.717, 1.165) is 51.4 Å². The van der Waals surface area contributed by atoms with E-state index in [-0.39, 0.29) is 18.1 Å². The van der Waals surface area contributed by atoms with Gasteiger partial charge >= 0.3 is 0 Å². The standard InChI is InChI=1S/C32H32N4O3/c1-5-15-38-29-14-13-25(17-23(29)4)31-26(20-36(34-31)27-9-7-6-8-10-27)19-33-32(37)28-18-30(39-35-28)24-12-11-21(2)22(3)16-24/h6-14,16-18,20H,5,15,19H2,1-4H3,(H,33,37). The highest BCUT2D eigenvalue weighted by Crippen LogP contribution is 2.29. The average molecular weight is 521 g/mol. The second-order valence-electron chi connectivity index (χ2n) is 9.67. The van der Waals surface area contributed by atoms with Crippen LogP contribution in [-0.2, 0) is 6.54 Å². The summed E-state index contributed by atoms with van der Waals surface area (Å²) in [4.78, 5) is 13.0. The van der Waals surface area contributed by atoms with E-state index in [2.05, 4.69) is 30.4 Å². The van der Waals surface area contributed by atoms with Crippen LogP contribution in [0.25, 0.3) is 28.3 Å². The molecule has 5 rings (SSSR count). The fraction of sp³-hybridized carbons (Fsp3) is 0.219. The van der Waals surface area contributed by atoms with Gasteiger partial charge in [-0.15, -0.1) is 0 Å². The molecular formula is C32H32N4O3. The van der Waals surface area contributed by atoms with Crippen LogP contribution in [-0.4, -0.2) is 27.5 Å². The van der Waals surface area contributed by atoms with E-state index >= 15 is 0 Å². The van der Waals surface area contributed by atoms with Crippen LogP contribution in [0.4, 0.5) is 0 Å². The van der Waals surface area contributed by atoms with Crippen molar-refractivity contribution < 1.29 is 14.1 Å². The van der Waals surface area contributed by atoms with Crippen LogP contribution in [0.2, 0.25) is 0 Å². The number of carbonyl (C=O) groups excluding carboxylic acids is 1. The van der Waals surface area contributed by atoms with E-state index in [9.17, 15) is 4.79 Å². The normalized spacial score (nSPS) is 11.0. The van der Waals surface area contributed by atoms with Crippen molar-refractivity contribution in [3.63, 3.8) is 0 Å². The van der Waals surface area contributed by atoms with Crippen LogP contribution in [0, 0.1) is 20.8 Å². The SMILES string of the molecule is CCCOc1ccc(-c2nn(-c3ccccc3)cc2CNC(=O)c2cc(-c3ccc(C)c(C)c3)on2)cc1C. The number of nitrogens with zero attached hydrogens (tertiary/aromatic N) is 3. The van der Waals surface area contributed by atoms with Crippen molar-refractivity contribution in [1.82, 2.24) is 20.3 Å². The van der Waals surface area contributed by atoms with Crippen molar-refractivity contribution in [3.8, 4) is 34.0 Å². The van der Waals surface area contributed by atoms with Crippen LogP contribution in [0.1, 0.15) is 46.1 Å². The topological polar surface area (TPSA) is 82.2 Å². The fourth-order valence-corrected chi connectivity index (χ4v) is 4.34. The van der Waals surface area contributed by atoms with Crippen LogP contribution < -0.4 is 10.1 Å². The number of hydrogen-bond acceptors (Lipinski definition) is 5. The number of hydrogen-bond donors (Lipinski definition) is 1. The van der Waals surface area contributed by atoms with Gasteiger partial charge < -0.3 is 14.6 Å². The number of carbonyl (C=O) groups is 1. The summed E-state index contributed by atoms with van der Waals surface area (Å²) in [6.45, 7) is 9.17. The molecule has 2 heterocycles. The second kappa shape index (κ2) is 11.4. The quantitative estimate of drug-likeness (QED) is 0.230. The van der Waals surface area contributed by atoms with Gasteiger partial charge in [0.2, 0.25) is 0 Å². The molecule has 3 aromatic carbocycles. The molecule has 0 saturated heterocycles. The first-order valence-corrected chi connectivity index (χ1v) is 13.1. The van der Waals surface area contributed by atoms with Crippen molar-refractivity contribution in [2.24, 2.45) is 0 Å². The third kappa shape index (κ3) is 5.77. The molecule has 0 fully saturated rings. The van der Waals surface area contributed by atoms with Gasteiger partial charge in [0.25, 0.3) is 5.91 Å². The highest BCUT2D eigenvalue weighted by Gasteiger charge is 2.18. The highest BCUT2D eigenvalue weighted by molar-refractivity contribution is 5.93. The minimum Gasteiger partial charge on any atom is -0.493 e. The minimum absolute atomic E-state index is 0.230. The molecule has 1 N–H and O–H groups in total. The maximum Gasteiger partial charge on any atom is 0.273 e. The zero-order valence-electron chi connectivity index (χ0n) is 22.7. The number of aryl methyl sites for hydroxylation is 3. The maximum absolute atomic E-state index is 13.0. The molecule has 7 heteroatoms. The number of nitrogens with one attached hydrogen (secondary N) is 1. The van der Waals surface area contributed by atoms with E-state index < -0.39 is 0 Å². The van der Waals surface area contributed by atoms with E-state index in [4.69, 9.17) is 14.4 Å². The molecule has 0 spiro atoms. The molecular weight excluding hydrogens is 488 g/mol. The second-order valence-corrected chi connectivity index (χ2v) is 9.67. The zero-order valence-corrected chi connectivity index (χ0v) is 22.7. The summed E-state index contributed by atoms with van der Waals surface area (Å²) < 4.78 is 13.2. The van der Waals surface area contributed by atoms with Crippen molar-refractivity contribution in [3.05, 3.63) is 107 Å². The molecule has 0 aliphatic carbocycles. The molecule has 39 heavy (non-hydrogen) atoms. The van der Waals surface area contributed by atoms with Gasteiger partial charge in [0.05, 0.1) is 18.0 Å². The molecule has 5 aromatic rings. The zero-order chi connectivity index (χ0) is 27.4. The van der Waals surface area contributed by atoms with Gasteiger partial charge in [-0.1, -0.05) is 42.4 Å². The summed E-state index contributed by atoms with van der Waals surface area (Å²) in [5.74, 6) is 1.11. The number of para-hydroxylation sites is 1. The van der Waals surface area contributed by atoms with Crippen molar-refractivity contribution >= 4 is 5.91 Å². The molecule has 0 saturated carbocycles. The van der Waals surface area contributed by atoms with Crippen LogP contribution in [0.3, 0.4) is 0 Å². The summed E-state index contributed by atoms with van der Waals surface area (Å²) in [5, 5.41) is 11.9. The van der Waals surface area contributed by atoms with Gasteiger partial charge in [-0.05, 0) is 80.3 Å². The molecule has 0 radical (unpaired) electrons. The third-order valence-corrected chi connectivity index (χ3v) is 6.69. The Bertz CT molecular complexity index is 1600. The Morgan fingerprint density at radius 1 is 0.923 bits per heavy atom. The molecule has 7 nitrogen and oxygen atoms in total. The summed E-state index contributed by atoms with van der Waals surface area (Å²) in [7, 11) is 0. The molecule has 0 unspecified atom stereocenters. The van der Waals surface area contributed by atoms with Gasteiger partial charge in [0.1, 0.15) is 5.75 Å². The first kappa shape index (κ1) is 26.0. The van der Waals surface area contributed by atoms with Gasteiger partial charge in [0, 0.05) is 35.5 Å². The average Bonchev–Trinajstić information content (AvgIpc) is 3.61. The Labute approximate surface area is 228 Å². The lowest BCUT2D eigenvalue weighted by Crippen LogP contribution is -2.23. The molecule has 0 aliphatic heterocycles. The van der Waals surface area contributed by atoms with Crippen LogP contribution in [0.5, 0.6) is 5.75 Å². The molecule has 1 amide bonds. The summed E-state index contributed by atoms with van der Waals surface area (Å²) in [5.41, 5.74) is 8.06. The Morgan fingerprint density at radius 2 is 1.69 bits per heavy atom. The van der Waals surface area contributed by atoms with E-state index in [1.165, 1.54) is 5.56 Å². The Balaban J connectivity index is 1.39. The van der Waals surface area contributed by atoms with Crippen molar-refractivity contribution in [1.29, 1.82) is 0 Å². The lowest BCUT2D eigenvalue weighted by molar-refractivity contribution is 0.0942. The summed E-state index contributed by atoms with van der Waals surface area (Å²) in [6, 6.07) is 23.7. The summed E-state index contributed by atoms with van der Waals surface area (Å²) in [6.07, 6.45) is 2.90. The predicted octanol–water partition coefficient (Wildman–Crippen LogP) is 6.84. The lowest BCUT2D eigenvalue weighted by atomic mass is 10.0. The number of benzene rings is 3. The number of ether oxygens (including phenoxy) is 1. The maximum atomic E-state index is 13.0. The smallest absolute Gasteiger partial charge is 0.273 e. The summed E-state index contributed by atoms with van der Waals surface area (Å²) >= 11 is 0. The number of rotatable bonds is 9. The van der Waals surface area contributed by atoms with Crippen molar-refractivity contribution in [2.75, 3.05) is 6.61 Å². The third-order valence-electron chi connectivity index (χ3n) is 6.69. The van der Waals surface area contributed by atoms with Gasteiger partial charge in [-0.2, -0.15) is 5.10 Å². The molecule has 2 aromatic heterocycles. The molecule has 198 valence electrons. The van der Waals surface area contributed by atoms with Crippen LogP contribution >= 0.6 is 0 Å². The highest BCUT2D eigenvalue weighted by atomic mass is 16.5. The molecule has 0 aliphatic rings.